The molecule has 1 fully saturated rings. The van der Waals surface area contributed by atoms with Crippen molar-refractivity contribution in [1.82, 2.24) is 14.8 Å². The van der Waals surface area contributed by atoms with E-state index in [2.05, 4.69) is 9.88 Å². The predicted molar refractivity (Wildman–Crippen MR) is 91.0 cm³/mol. The molecular weight excluding hydrogens is 329 g/mol. The zero-order valence-electron chi connectivity index (χ0n) is 13.5. The van der Waals surface area contributed by atoms with Crippen LogP contribution in [0.2, 0.25) is 0 Å². The van der Waals surface area contributed by atoms with Crippen molar-refractivity contribution in [2.45, 2.75) is 19.6 Å². The molecule has 7 heteroatoms. The molecule has 1 saturated heterocycles. The second kappa shape index (κ2) is 7.38. The third kappa shape index (κ3) is 3.80. The van der Waals surface area contributed by atoms with Crippen LogP contribution in [0.25, 0.3) is 10.6 Å². The van der Waals surface area contributed by atoms with Crippen molar-refractivity contribution >= 4 is 17.2 Å². The number of thiazole rings is 1. The molecule has 0 spiro atoms. The van der Waals surface area contributed by atoms with Gasteiger partial charge in [0.05, 0.1) is 5.69 Å². The lowest BCUT2D eigenvalue weighted by Crippen LogP contribution is -2.50. The van der Waals surface area contributed by atoms with Crippen LogP contribution in [0.3, 0.4) is 0 Å². The highest BCUT2D eigenvalue weighted by Crippen LogP contribution is 2.26. The molecule has 0 saturated carbocycles. The maximum absolute atomic E-state index is 13.8. The van der Waals surface area contributed by atoms with Crippen LogP contribution in [-0.4, -0.2) is 58.1 Å². The molecule has 1 N–H and O–H groups in total. The minimum absolute atomic E-state index is 0.217. The smallest absolute Gasteiger partial charge is 0.251 e. The summed E-state index contributed by atoms with van der Waals surface area (Å²) in [4.78, 5) is 20.2. The predicted octanol–water partition coefficient (Wildman–Crippen LogP) is 1.97. The highest BCUT2D eigenvalue weighted by molar-refractivity contribution is 7.13. The minimum atomic E-state index is -0.946. The van der Waals surface area contributed by atoms with Crippen LogP contribution in [0.15, 0.2) is 29.6 Å². The SMILES string of the molecule is CC(O)C(=O)N1CCN(Cc2csc(-c3ccccc3F)n2)CC1. The molecule has 0 aliphatic carbocycles. The minimum Gasteiger partial charge on any atom is -0.384 e. The number of piperazine rings is 1. The van der Waals surface area contributed by atoms with Gasteiger partial charge in [-0.2, -0.15) is 0 Å². The molecule has 24 heavy (non-hydrogen) atoms. The van der Waals surface area contributed by atoms with Gasteiger partial charge in [0.1, 0.15) is 16.9 Å². The van der Waals surface area contributed by atoms with E-state index in [1.807, 2.05) is 5.38 Å². The highest BCUT2D eigenvalue weighted by atomic mass is 32.1. The Balaban J connectivity index is 1.59. The number of hydrogen-bond acceptors (Lipinski definition) is 5. The van der Waals surface area contributed by atoms with Crippen molar-refractivity contribution in [3.8, 4) is 10.6 Å². The van der Waals surface area contributed by atoms with E-state index in [9.17, 15) is 14.3 Å². The first-order valence-electron chi connectivity index (χ1n) is 7.93. The van der Waals surface area contributed by atoms with E-state index in [0.717, 1.165) is 18.8 Å². The molecule has 0 bridgehead atoms. The number of aliphatic hydroxyl groups is 1. The molecule has 5 nitrogen and oxygen atoms in total. The van der Waals surface area contributed by atoms with Crippen molar-refractivity contribution in [3.05, 3.63) is 41.2 Å². The first-order chi connectivity index (χ1) is 11.5. The second-order valence-electron chi connectivity index (χ2n) is 5.90. The summed E-state index contributed by atoms with van der Waals surface area (Å²) in [6, 6.07) is 6.65. The van der Waals surface area contributed by atoms with Crippen LogP contribution >= 0.6 is 11.3 Å². The molecule has 128 valence electrons. The largest absolute Gasteiger partial charge is 0.384 e. The number of carbonyl (C=O) groups excluding carboxylic acids is 1. The van der Waals surface area contributed by atoms with Gasteiger partial charge >= 0.3 is 0 Å². The molecule has 0 radical (unpaired) electrons. The van der Waals surface area contributed by atoms with E-state index >= 15 is 0 Å². The van der Waals surface area contributed by atoms with Gasteiger partial charge in [-0.05, 0) is 19.1 Å². The number of carbonyl (C=O) groups is 1. The number of halogens is 1. The van der Waals surface area contributed by atoms with Gasteiger partial charge in [0, 0.05) is 43.7 Å². The quantitative estimate of drug-likeness (QED) is 0.917. The zero-order valence-corrected chi connectivity index (χ0v) is 14.3. The molecule has 1 aromatic carbocycles. The highest BCUT2D eigenvalue weighted by Gasteiger charge is 2.24. The molecular formula is C17H20FN3O2S. The number of amides is 1. The number of aromatic nitrogens is 1. The lowest BCUT2D eigenvalue weighted by molar-refractivity contribution is -0.141. The van der Waals surface area contributed by atoms with Gasteiger partial charge in [0.25, 0.3) is 5.91 Å². The molecule has 2 heterocycles. The van der Waals surface area contributed by atoms with Crippen molar-refractivity contribution in [3.63, 3.8) is 0 Å². The van der Waals surface area contributed by atoms with Crippen LogP contribution in [0.4, 0.5) is 4.39 Å². The molecule has 1 aliphatic rings. The number of nitrogens with zero attached hydrogens (tertiary/aromatic N) is 3. The topological polar surface area (TPSA) is 56.7 Å². The average Bonchev–Trinajstić information content (AvgIpc) is 3.03. The third-order valence-corrected chi connectivity index (χ3v) is 5.01. The van der Waals surface area contributed by atoms with Gasteiger partial charge in [-0.1, -0.05) is 12.1 Å². The summed E-state index contributed by atoms with van der Waals surface area (Å²) in [6.45, 7) is 4.87. The van der Waals surface area contributed by atoms with Crippen LogP contribution in [0.5, 0.6) is 0 Å². The van der Waals surface area contributed by atoms with Gasteiger partial charge in [-0.15, -0.1) is 11.3 Å². The van der Waals surface area contributed by atoms with E-state index in [1.165, 1.54) is 24.3 Å². The fourth-order valence-electron chi connectivity index (χ4n) is 2.76. The van der Waals surface area contributed by atoms with Crippen LogP contribution < -0.4 is 0 Å². The Labute approximate surface area is 144 Å². The number of rotatable bonds is 4. The average molecular weight is 349 g/mol. The molecule has 1 unspecified atom stereocenters. The third-order valence-electron chi connectivity index (χ3n) is 4.08. The van der Waals surface area contributed by atoms with Crippen molar-refractivity contribution < 1.29 is 14.3 Å². The monoisotopic (exact) mass is 349 g/mol. The van der Waals surface area contributed by atoms with Crippen LogP contribution in [0.1, 0.15) is 12.6 Å². The molecule has 1 aliphatic heterocycles. The maximum Gasteiger partial charge on any atom is 0.251 e. The number of hydrogen-bond donors (Lipinski definition) is 1. The Bertz CT molecular complexity index is 711. The second-order valence-corrected chi connectivity index (χ2v) is 6.76. The summed E-state index contributed by atoms with van der Waals surface area (Å²) < 4.78 is 13.8. The van der Waals surface area contributed by atoms with Crippen molar-refractivity contribution in [2.75, 3.05) is 26.2 Å². The summed E-state index contributed by atoms with van der Waals surface area (Å²) in [5, 5.41) is 12.0. The zero-order chi connectivity index (χ0) is 17.1. The van der Waals surface area contributed by atoms with E-state index in [1.54, 1.807) is 23.1 Å². The van der Waals surface area contributed by atoms with Crippen molar-refractivity contribution in [1.29, 1.82) is 0 Å². The first-order valence-corrected chi connectivity index (χ1v) is 8.81. The van der Waals surface area contributed by atoms with E-state index < -0.39 is 6.10 Å². The Morgan fingerprint density at radius 3 is 2.71 bits per heavy atom. The van der Waals surface area contributed by atoms with E-state index in [-0.39, 0.29) is 11.7 Å². The summed E-state index contributed by atoms with van der Waals surface area (Å²) in [7, 11) is 0. The van der Waals surface area contributed by atoms with E-state index in [0.29, 0.717) is 30.2 Å². The van der Waals surface area contributed by atoms with Gasteiger partial charge in [-0.3, -0.25) is 9.69 Å². The summed E-state index contributed by atoms with van der Waals surface area (Å²) in [5.74, 6) is -0.478. The Morgan fingerprint density at radius 2 is 2.04 bits per heavy atom. The van der Waals surface area contributed by atoms with Gasteiger partial charge < -0.3 is 10.0 Å². The van der Waals surface area contributed by atoms with Crippen LogP contribution in [0, 0.1) is 5.82 Å². The maximum atomic E-state index is 13.8. The number of benzene rings is 1. The Hall–Kier alpha value is -1.83. The lowest BCUT2D eigenvalue weighted by Gasteiger charge is -2.34. The normalized spacial score (nSPS) is 17.0. The molecule has 2 aromatic rings. The van der Waals surface area contributed by atoms with E-state index in [4.69, 9.17) is 0 Å². The van der Waals surface area contributed by atoms with Gasteiger partial charge in [0.2, 0.25) is 0 Å². The standard InChI is InChI=1S/C17H20FN3O2S/c1-12(22)17(23)21-8-6-20(7-9-21)10-13-11-24-16(19-13)14-4-2-3-5-15(14)18/h2-5,11-12,22H,6-10H2,1H3. The molecule has 1 amide bonds. The van der Waals surface area contributed by atoms with Crippen molar-refractivity contribution in [2.24, 2.45) is 0 Å². The van der Waals surface area contributed by atoms with Gasteiger partial charge in [0.15, 0.2) is 0 Å². The van der Waals surface area contributed by atoms with Gasteiger partial charge in [-0.25, -0.2) is 9.37 Å². The fraction of sp³-hybridized carbons (Fsp3) is 0.412. The summed E-state index contributed by atoms with van der Waals surface area (Å²) >= 11 is 1.44. The lowest BCUT2D eigenvalue weighted by atomic mass is 10.2. The first kappa shape index (κ1) is 17.0. The molecule has 3 rings (SSSR count). The molecule has 1 atom stereocenters. The summed E-state index contributed by atoms with van der Waals surface area (Å²) in [5.41, 5.74) is 1.44. The van der Waals surface area contributed by atoms with Crippen LogP contribution in [-0.2, 0) is 11.3 Å². The Kier molecular flexibility index (Phi) is 5.23. The summed E-state index contributed by atoms with van der Waals surface area (Å²) in [6.07, 6.45) is -0.946. The molecule has 1 aromatic heterocycles. The number of aliphatic hydroxyl groups excluding tert-OH is 1. The Morgan fingerprint density at radius 1 is 1.33 bits per heavy atom. The fourth-order valence-corrected chi connectivity index (χ4v) is 3.60.